The van der Waals surface area contributed by atoms with E-state index in [0.29, 0.717) is 10.9 Å². The predicted octanol–water partition coefficient (Wildman–Crippen LogP) is 2.60. The fraction of sp³-hybridized carbons (Fsp3) is 0.385. The highest BCUT2D eigenvalue weighted by Crippen LogP contribution is 2.22. The molecule has 1 rings (SSSR count). The molecule has 1 aromatic carbocycles. The summed E-state index contributed by atoms with van der Waals surface area (Å²) < 4.78 is 0.701. The number of halogens is 1. The summed E-state index contributed by atoms with van der Waals surface area (Å²) in [5, 5.41) is 11.6. The molecule has 0 heterocycles. The lowest BCUT2D eigenvalue weighted by atomic mass is 10.00. The fourth-order valence-corrected chi connectivity index (χ4v) is 1.82. The number of benzene rings is 1. The number of nitrogens with one attached hydrogen (secondary N) is 1. The van der Waals surface area contributed by atoms with Gasteiger partial charge in [-0.3, -0.25) is 4.79 Å². The van der Waals surface area contributed by atoms with Crippen molar-refractivity contribution in [1.82, 2.24) is 0 Å². The Morgan fingerprint density at radius 1 is 1.42 bits per heavy atom. The number of anilines is 1. The summed E-state index contributed by atoms with van der Waals surface area (Å²) in [6.45, 7) is 3.67. The van der Waals surface area contributed by atoms with Crippen LogP contribution in [0, 0.1) is 0 Å². The summed E-state index contributed by atoms with van der Waals surface area (Å²) in [4.78, 5) is 22.8. The van der Waals surface area contributed by atoms with Crippen LogP contribution in [0.3, 0.4) is 0 Å². The first-order chi connectivity index (χ1) is 8.69. The van der Waals surface area contributed by atoms with Crippen LogP contribution in [0.4, 0.5) is 5.69 Å². The normalized spacial score (nSPS) is 11.2. The Morgan fingerprint density at radius 3 is 2.58 bits per heavy atom. The smallest absolute Gasteiger partial charge is 0.337 e. The average Bonchev–Trinajstić information content (AvgIpc) is 2.25. The van der Waals surface area contributed by atoms with E-state index < -0.39 is 11.5 Å². The molecule has 0 bridgehead atoms. The molecule has 0 saturated heterocycles. The molecule has 6 heteroatoms. The molecule has 1 aromatic rings. The van der Waals surface area contributed by atoms with Gasteiger partial charge in [-0.1, -0.05) is 15.9 Å². The zero-order chi connectivity index (χ0) is 14.6. The molecule has 0 saturated carbocycles. The summed E-state index contributed by atoms with van der Waals surface area (Å²) in [5.41, 5.74) is 5.71. The number of aromatic carboxylic acids is 1. The van der Waals surface area contributed by atoms with Gasteiger partial charge in [0.05, 0.1) is 11.3 Å². The van der Waals surface area contributed by atoms with Crippen LogP contribution in [0.2, 0.25) is 0 Å². The van der Waals surface area contributed by atoms with Gasteiger partial charge in [-0.2, -0.15) is 0 Å². The van der Waals surface area contributed by atoms with Gasteiger partial charge in [0.2, 0.25) is 5.91 Å². The van der Waals surface area contributed by atoms with Crippen LogP contribution < -0.4 is 11.1 Å². The highest BCUT2D eigenvalue weighted by molar-refractivity contribution is 9.10. The second kappa shape index (κ2) is 6.16. The zero-order valence-electron chi connectivity index (χ0n) is 10.9. The largest absolute Gasteiger partial charge is 0.478 e. The average molecular weight is 329 g/mol. The monoisotopic (exact) mass is 328 g/mol. The molecule has 104 valence electrons. The van der Waals surface area contributed by atoms with E-state index in [4.69, 9.17) is 10.8 Å². The van der Waals surface area contributed by atoms with Gasteiger partial charge in [0.1, 0.15) is 0 Å². The Morgan fingerprint density at radius 2 is 2.05 bits per heavy atom. The minimum absolute atomic E-state index is 0.0589. The van der Waals surface area contributed by atoms with Gasteiger partial charge in [-0.15, -0.1) is 0 Å². The number of carbonyl (C=O) groups is 2. The molecule has 4 N–H and O–H groups in total. The quantitative estimate of drug-likeness (QED) is 0.774. The van der Waals surface area contributed by atoms with E-state index in [1.165, 1.54) is 6.07 Å². The molecule has 0 fully saturated rings. The van der Waals surface area contributed by atoms with Crippen molar-refractivity contribution in [1.29, 1.82) is 0 Å². The third kappa shape index (κ3) is 5.40. The predicted molar refractivity (Wildman–Crippen MR) is 77.2 cm³/mol. The van der Waals surface area contributed by atoms with Gasteiger partial charge < -0.3 is 16.2 Å². The van der Waals surface area contributed by atoms with Crippen molar-refractivity contribution in [3.05, 3.63) is 28.2 Å². The second-order valence-electron chi connectivity index (χ2n) is 5.03. The topological polar surface area (TPSA) is 92.4 Å². The number of amides is 1. The molecule has 0 aliphatic carbocycles. The van der Waals surface area contributed by atoms with Crippen molar-refractivity contribution >= 4 is 33.5 Å². The van der Waals surface area contributed by atoms with Crippen LogP contribution >= 0.6 is 15.9 Å². The lowest BCUT2D eigenvalue weighted by Gasteiger charge is -2.17. The summed E-state index contributed by atoms with van der Waals surface area (Å²) >= 11 is 3.24. The van der Waals surface area contributed by atoms with Crippen LogP contribution in [-0.2, 0) is 4.79 Å². The van der Waals surface area contributed by atoms with Crippen LogP contribution in [0.15, 0.2) is 22.7 Å². The number of carbonyl (C=O) groups excluding carboxylic acids is 1. The van der Waals surface area contributed by atoms with Gasteiger partial charge in [-0.25, -0.2) is 4.79 Å². The van der Waals surface area contributed by atoms with E-state index in [-0.39, 0.29) is 23.6 Å². The van der Waals surface area contributed by atoms with Gasteiger partial charge in [0, 0.05) is 16.4 Å². The van der Waals surface area contributed by atoms with Crippen LogP contribution in [0.5, 0.6) is 0 Å². The Labute approximate surface area is 120 Å². The molecule has 0 aromatic heterocycles. The number of carboxylic acids is 1. The summed E-state index contributed by atoms with van der Waals surface area (Å²) in [6, 6.07) is 4.62. The van der Waals surface area contributed by atoms with Crippen LogP contribution in [0.25, 0.3) is 0 Å². The molecular weight excluding hydrogens is 312 g/mol. The highest BCUT2D eigenvalue weighted by Gasteiger charge is 2.16. The van der Waals surface area contributed by atoms with Crippen molar-refractivity contribution in [2.24, 2.45) is 5.73 Å². The summed E-state index contributed by atoms with van der Waals surface area (Å²) in [6.07, 6.45) is 0.768. The molecule has 0 unspecified atom stereocenters. The van der Waals surface area contributed by atoms with E-state index in [0.717, 1.165) is 0 Å². The van der Waals surface area contributed by atoms with Crippen molar-refractivity contribution in [3.8, 4) is 0 Å². The van der Waals surface area contributed by atoms with Crippen molar-refractivity contribution < 1.29 is 14.7 Å². The molecule has 0 aliphatic rings. The van der Waals surface area contributed by atoms with E-state index in [2.05, 4.69) is 21.2 Å². The molecule has 5 nitrogen and oxygen atoms in total. The maximum atomic E-state index is 11.8. The molecule has 1 amide bonds. The van der Waals surface area contributed by atoms with Gasteiger partial charge >= 0.3 is 5.97 Å². The maximum Gasteiger partial charge on any atom is 0.337 e. The molecule has 0 radical (unpaired) electrons. The Hall–Kier alpha value is -1.40. The highest BCUT2D eigenvalue weighted by atomic mass is 79.9. The minimum atomic E-state index is -1.08. The molecule has 0 atom stereocenters. The minimum Gasteiger partial charge on any atom is -0.478 e. The first-order valence-corrected chi connectivity index (χ1v) is 6.60. The lowest BCUT2D eigenvalue weighted by molar-refractivity contribution is -0.116. The summed E-state index contributed by atoms with van der Waals surface area (Å²) in [5.74, 6) is -1.33. The standard InChI is InChI=1S/C13H17BrN2O3/c1-13(2,15)6-5-11(17)16-10-7-8(14)3-4-9(10)12(18)19/h3-4,7H,5-6,15H2,1-2H3,(H,16,17)(H,18,19). The second-order valence-corrected chi connectivity index (χ2v) is 5.95. The molecule has 19 heavy (non-hydrogen) atoms. The molecular formula is C13H17BrN2O3. The van der Waals surface area contributed by atoms with Gasteiger partial charge in [0.15, 0.2) is 0 Å². The molecule has 0 aliphatic heterocycles. The SMILES string of the molecule is CC(C)(N)CCC(=O)Nc1cc(Br)ccc1C(=O)O. The Balaban J connectivity index is 2.78. The van der Waals surface area contributed by atoms with Crippen LogP contribution in [-0.4, -0.2) is 22.5 Å². The van der Waals surface area contributed by atoms with E-state index in [1.807, 2.05) is 13.8 Å². The lowest BCUT2D eigenvalue weighted by Crippen LogP contribution is -2.33. The van der Waals surface area contributed by atoms with E-state index in [9.17, 15) is 9.59 Å². The first kappa shape index (κ1) is 15.7. The first-order valence-electron chi connectivity index (χ1n) is 5.80. The maximum absolute atomic E-state index is 11.8. The van der Waals surface area contributed by atoms with Crippen molar-refractivity contribution in [2.75, 3.05) is 5.32 Å². The van der Waals surface area contributed by atoms with Crippen molar-refractivity contribution in [2.45, 2.75) is 32.2 Å². The van der Waals surface area contributed by atoms with E-state index >= 15 is 0 Å². The molecule has 0 spiro atoms. The Kier molecular flexibility index (Phi) is 5.08. The van der Waals surface area contributed by atoms with Crippen LogP contribution in [0.1, 0.15) is 37.0 Å². The van der Waals surface area contributed by atoms with Gasteiger partial charge in [-0.05, 0) is 38.5 Å². The third-order valence-corrected chi connectivity index (χ3v) is 2.98. The Bertz CT molecular complexity index is 495. The van der Waals surface area contributed by atoms with Crippen molar-refractivity contribution in [3.63, 3.8) is 0 Å². The number of rotatable bonds is 5. The number of nitrogens with two attached hydrogens (primary N) is 1. The zero-order valence-corrected chi connectivity index (χ0v) is 12.5. The number of hydrogen-bond acceptors (Lipinski definition) is 3. The fourth-order valence-electron chi connectivity index (χ4n) is 1.45. The van der Waals surface area contributed by atoms with Gasteiger partial charge in [0.25, 0.3) is 0 Å². The summed E-state index contributed by atoms with van der Waals surface area (Å²) in [7, 11) is 0. The number of carboxylic acid groups (broad SMARTS) is 1. The third-order valence-electron chi connectivity index (χ3n) is 2.48. The van der Waals surface area contributed by atoms with E-state index in [1.54, 1.807) is 12.1 Å². The number of hydrogen-bond donors (Lipinski definition) is 3.